The molecule has 0 saturated heterocycles. The van der Waals surface area contributed by atoms with E-state index in [0.29, 0.717) is 0 Å². The highest BCUT2D eigenvalue weighted by Gasteiger charge is 2.40. The van der Waals surface area contributed by atoms with Crippen LogP contribution in [0.3, 0.4) is 0 Å². The van der Waals surface area contributed by atoms with Crippen molar-refractivity contribution in [2.45, 2.75) is 48.8 Å². The monoisotopic (exact) mass is 372 g/mol. The largest absolute Gasteiger partial charge is 0.479 e. The number of carbonyl (C=O) groups is 3. The van der Waals surface area contributed by atoms with Crippen LogP contribution in [0.5, 0.6) is 0 Å². The average Bonchev–Trinajstić information content (AvgIpc) is 2.60. The standard InChI is InChI=1S/C12H20O13/c13-1-3(15)5(16)7(18)10(21)12(24)25-4(2-14)6(17)8(19)9(20)11(22)23/h2-10,13,15-21H,1H2,(H,22,23)/t3-,4-,5+,6+,7+,8+,9-,10-/m0/s1. The van der Waals surface area contributed by atoms with E-state index in [4.69, 9.17) is 20.4 Å². The van der Waals surface area contributed by atoms with Crippen LogP contribution < -0.4 is 0 Å². The molecule has 0 unspecified atom stereocenters. The first-order chi connectivity index (χ1) is 11.5. The van der Waals surface area contributed by atoms with Gasteiger partial charge in [-0.1, -0.05) is 0 Å². The lowest BCUT2D eigenvalue weighted by Gasteiger charge is -2.27. The maximum atomic E-state index is 11.6. The fourth-order valence-corrected chi connectivity index (χ4v) is 1.57. The number of carbonyl (C=O) groups excluding carboxylic acids is 2. The lowest BCUT2D eigenvalue weighted by Crippen LogP contribution is -2.52. The summed E-state index contributed by atoms with van der Waals surface area (Å²) in [6.07, 6.45) is -18.8. The minimum Gasteiger partial charge on any atom is -0.479 e. The summed E-state index contributed by atoms with van der Waals surface area (Å²) < 4.78 is 4.27. The second-order valence-corrected chi connectivity index (χ2v) is 4.98. The van der Waals surface area contributed by atoms with Crippen LogP contribution in [0.1, 0.15) is 0 Å². The zero-order chi connectivity index (χ0) is 19.9. The molecule has 0 rings (SSSR count). The fraction of sp³-hybridized carbons (Fsp3) is 0.750. The van der Waals surface area contributed by atoms with E-state index < -0.39 is 67.4 Å². The van der Waals surface area contributed by atoms with Crippen molar-refractivity contribution < 1.29 is 65.1 Å². The highest BCUT2D eigenvalue weighted by molar-refractivity contribution is 5.78. The number of hydrogen-bond donors (Lipinski definition) is 9. The number of ether oxygens (including phenoxy) is 1. The molecule has 0 aromatic carbocycles. The number of carboxylic acid groups (broad SMARTS) is 1. The number of rotatable bonds is 11. The first-order valence-electron chi connectivity index (χ1n) is 6.75. The molecule has 8 atom stereocenters. The molecule has 0 aromatic rings. The van der Waals surface area contributed by atoms with Crippen molar-refractivity contribution in [1.29, 1.82) is 0 Å². The highest BCUT2D eigenvalue weighted by Crippen LogP contribution is 2.11. The number of esters is 1. The maximum Gasteiger partial charge on any atom is 0.338 e. The van der Waals surface area contributed by atoms with Crippen LogP contribution in [-0.2, 0) is 19.1 Å². The third-order valence-corrected chi connectivity index (χ3v) is 3.15. The van der Waals surface area contributed by atoms with Gasteiger partial charge in [-0.2, -0.15) is 0 Å². The van der Waals surface area contributed by atoms with Gasteiger partial charge in [0.2, 0.25) is 0 Å². The fourth-order valence-electron chi connectivity index (χ4n) is 1.57. The zero-order valence-electron chi connectivity index (χ0n) is 12.6. The molecule has 0 aliphatic carbocycles. The average molecular weight is 372 g/mol. The van der Waals surface area contributed by atoms with Crippen molar-refractivity contribution >= 4 is 18.2 Å². The smallest absolute Gasteiger partial charge is 0.338 e. The van der Waals surface area contributed by atoms with Crippen LogP contribution in [0.15, 0.2) is 0 Å². The Morgan fingerprint density at radius 2 is 1.32 bits per heavy atom. The SMILES string of the molecule is O=C[C@H](OC(=O)[C@@H](O)[C@H](O)[C@H](O)[C@@H](O)CO)[C@@H](O)[C@@H](O)[C@H](O)C(=O)O. The summed E-state index contributed by atoms with van der Waals surface area (Å²) in [5.41, 5.74) is 0. The quantitative estimate of drug-likeness (QED) is 0.121. The van der Waals surface area contributed by atoms with E-state index in [1.54, 1.807) is 0 Å². The number of aliphatic hydroxyl groups is 8. The van der Waals surface area contributed by atoms with Crippen LogP contribution >= 0.6 is 0 Å². The molecule has 0 fully saturated rings. The molecule has 0 heterocycles. The Balaban J connectivity index is 4.98. The van der Waals surface area contributed by atoms with E-state index in [-0.39, 0.29) is 6.29 Å². The third-order valence-electron chi connectivity index (χ3n) is 3.15. The van der Waals surface area contributed by atoms with Crippen LogP contribution in [0.4, 0.5) is 0 Å². The van der Waals surface area contributed by atoms with Gasteiger partial charge in [-0.25, -0.2) is 9.59 Å². The Hall–Kier alpha value is -1.71. The molecule has 0 aliphatic heterocycles. The van der Waals surface area contributed by atoms with Crippen molar-refractivity contribution in [2.75, 3.05) is 6.61 Å². The number of aldehydes is 1. The molecule has 0 aromatic heterocycles. The topological polar surface area (TPSA) is 243 Å². The lowest BCUT2D eigenvalue weighted by atomic mass is 10.0. The van der Waals surface area contributed by atoms with Gasteiger partial charge in [-0.05, 0) is 0 Å². The van der Waals surface area contributed by atoms with Gasteiger partial charge in [0, 0.05) is 0 Å². The van der Waals surface area contributed by atoms with Crippen LogP contribution in [0, 0.1) is 0 Å². The van der Waals surface area contributed by atoms with E-state index in [1.807, 2.05) is 0 Å². The van der Waals surface area contributed by atoms with Crippen molar-refractivity contribution in [3.05, 3.63) is 0 Å². The molecule has 0 spiro atoms. The molecule has 0 radical (unpaired) electrons. The van der Waals surface area contributed by atoms with Crippen LogP contribution in [-0.4, -0.2) is 120 Å². The summed E-state index contributed by atoms with van der Waals surface area (Å²) in [6.45, 7) is -1.02. The Bertz CT molecular complexity index is 454. The molecule has 25 heavy (non-hydrogen) atoms. The van der Waals surface area contributed by atoms with Gasteiger partial charge < -0.3 is 50.7 Å². The molecule has 9 N–H and O–H groups in total. The van der Waals surface area contributed by atoms with Gasteiger partial charge in [0.1, 0.15) is 30.5 Å². The van der Waals surface area contributed by atoms with Crippen LogP contribution in [0.2, 0.25) is 0 Å². The molecular formula is C12H20O13. The van der Waals surface area contributed by atoms with Crippen molar-refractivity contribution in [3.8, 4) is 0 Å². The molecule has 13 nitrogen and oxygen atoms in total. The van der Waals surface area contributed by atoms with Gasteiger partial charge in [0.25, 0.3) is 0 Å². The van der Waals surface area contributed by atoms with E-state index >= 15 is 0 Å². The molecule has 0 bridgehead atoms. The third kappa shape index (κ3) is 6.26. The van der Waals surface area contributed by atoms with Gasteiger partial charge >= 0.3 is 11.9 Å². The van der Waals surface area contributed by atoms with E-state index in [2.05, 4.69) is 4.74 Å². The second kappa shape index (κ2) is 10.3. The molecule has 146 valence electrons. The Labute approximate surface area is 139 Å². The summed E-state index contributed by atoms with van der Waals surface area (Å²) in [7, 11) is 0. The minimum absolute atomic E-state index is 0.252. The number of aliphatic hydroxyl groups excluding tert-OH is 8. The Morgan fingerprint density at radius 1 is 0.840 bits per heavy atom. The molecule has 0 saturated carbocycles. The van der Waals surface area contributed by atoms with Crippen LogP contribution in [0.25, 0.3) is 0 Å². The van der Waals surface area contributed by atoms with Crippen molar-refractivity contribution in [1.82, 2.24) is 0 Å². The Morgan fingerprint density at radius 3 is 1.72 bits per heavy atom. The molecule has 13 heteroatoms. The summed E-state index contributed by atoms with van der Waals surface area (Å²) in [6, 6.07) is 0. The zero-order valence-corrected chi connectivity index (χ0v) is 12.6. The Kier molecular flexibility index (Phi) is 9.61. The first kappa shape index (κ1) is 23.3. The maximum absolute atomic E-state index is 11.6. The summed E-state index contributed by atoms with van der Waals surface area (Å²) in [5, 5.41) is 82.4. The molecule has 0 amide bonds. The minimum atomic E-state index is -2.53. The van der Waals surface area contributed by atoms with Gasteiger partial charge in [-0.15, -0.1) is 0 Å². The second-order valence-electron chi connectivity index (χ2n) is 4.98. The number of aliphatic carboxylic acids is 1. The lowest BCUT2D eigenvalue weighted by molar-refractivity contribution is -0.187. The number of hydrogen-bond acceptors (Lipinski definition) is 12. The highest BCUT2D eigenvalue weighted by atomic mass is 16.6. The summed E-state index contributed by atoms with van der Waals surface area (Å²) in [4.78, 5) is 32.9. The van der Waals surface area contributed by atoms with E-state index in [9.17, 15) is 39.9 Å². The molecular weight excluding hydrogens is 352 g/mol. The van der Waals surface area contributed by atoms with Gasteiger partial charge in [-0.3, -0.25) is 4.79 Å². The van der Waals surface area contributed by atoms with Gasteiger partial charge in [0.05, 0.1) is 6.61 Å². The summed E-state index contributed by atoms with van der Waals surface area (Å²) in [5.74, 6) is -3.73. The summed E-state index contributed by atoms with van der Waals surface area (Å²) >= 11 is 0. The van der Waals surface area contributed by atoms with Crippen molar-refractivity contribution in [2.24, 2.45) is 0 Å². The molecule has 0 aliphatic rings. The van der Waals surface area contributed by atoms with E-state index in [1.165, 1.54) is 0 Å². The normalized spacial score (nSPS) is 21.1. The predicted molar refractivity (Wildman–Crippen MR) is 72.7 cm³/mol. The van der Waals surface area contributed by atoms with Crippen molar-refractivity contribution in [3.63, 3.8) is 0 Å². The first-order valence-corrected chi connectivity index (χ1v) is 6.75. The van der Waals surface area contributed by atoms with Gasteiger partial charge in [0.15, 0.2) is 24.6 Å². The number of carboxylic acids is 1. The van der Waals surface area contributed by atoms with E-state index in [0.717, 1.165) is 0 Å². The predicted octanol–water partition coefficient (Wildman–Crippen LogP) is -6.30.